The summed E-state index contributed by atoms with van der Waals surface area (Å²) in [5, 5.41) is 0. The zero-order chi connectivity index (χ0) is 19.6. The summed E-state index contributed by atoms with van der Waals surface area (Å²) in [5.41, 5.74) is 12.3. The topological polar surface area (TPSA) is 127 Å². The number of imide groups is 1. The highest BCUT2D eigenvalue weighted by molar-refractivity contribution is 6.05. The predicted octanol–water partition coefficient (Wildman–Crippen LogP) is -0.450. The van der Waals surface area contributed by atoms with E-state index in [0.717, 1.165) is 10.5 Å². The van der Waals surface area contributed by atoms with Crippen LogP contribution in [-0.4, -0.2) is 58.1 Å². The van der Waals surface area contributed by atoms with Crippen LogP contribution in [0.25, 0.3) is 0 Å². The molecular formula is C19H24N4O4. The minimum atomic E-state index is -0.921. The van der Waals surface area contributed by atoms with Crippen LogP contribution in [0.2, 0.25) is 0 Å². The molecule has 2 fully saturated rings. The molecule has 0 unspecified atom stereocenters. The molecule has 4 N–H and O–H groups in total. The monoisotopic (exact) mass is 372 g/mol. The third-order valence-electron chi connectivity index (χ3n) is 5.21. The molecule has 1 aromatic carbocycles. The molecule has 0 spiro atoms. The number of benzene rings is 1. The van der Waals surface area contributed by atoms with Gasteiger partial charge in [-0.15, -0.1) is 0 Å². The molecule has 0 radical (unpaired) electrons. The summed E-state index contributed by atoms with van der Waals surface area (Å²) in [6.07, 6.45) is 1.79. The lowest BCUT2D eigenvalue weighted by Gasteiger charge is -2.30. The maximum Gasteiger partial charge on any atom is 0.247 e. The number of likely N-dealkylation sites (tertiary alicyclic amines) is 2. The number of amides is 4. The van der Waals surface area contributed by atoms with Crippen molar-refractivity contribution in [2.75, 3.05) is 6.54 Å². The predicted molar refractivity (Wildman–Crippen MR) is 96.9 cm³/mol. The molecule has 3 atom stereocenters. The van der Waals surface area contributed by atoms with Crippen molar-refractivity contribution in [1.29, 1.82) is 0 Å². The lowest BCUT2D eigenvalue weighted by atomic mass is 10.0. The Hall–Kier alpha value is -2.74. The zero-order valence-corrected chi connectivity index (χ0v) is 15.0. The summed E-state index contributed by atoms with van der Waals surface area (Å²) < 4.78 is 0. The Morgan fingerprint density at radius 1 is 1.11 bits per heavy atom. The number of carbonyl (C=O) groups excluding carboxylic acids is 4. The van der Waals surface area contributed by atoms with E-state index in [1.807, 2.05) is 30.3 Å². The lowest BCUT2D eigenvalue weighted by Crippen LogP contribution is -2.56. The van der Waals surface area contributed by atoms with Gasteiger partial charge < -0.3 is 16.4 Å². The third kappa shape index (κ3) is 3.85. The second kappa shape index (κ2) is 7.87. The van der Waals surface area contributed by atoms with E-state index in [2.05, 4.69) is 0 Å². The van der Waals surface area contributed by atoms with E-state index in [1.165, 1.54) is 4.90 Å². The number of nitrogens with zero attached hydrogens (tertiary/aromatic N) is 2. The first-order valence-electron chi connectivity index (χ1n) is 9.15. The van der Waals surface area contributed by atoms with Crippen LogP contribution in [0.3, 0.4) is 0 Å². The van der Waals surface area contributed by atoms with Gasteiger partial charge in [-0.2, -0.15) is 0 Å². The number of hydrogen-bond acceptors (Lipinski definition) is 5. The fourth-order valence-corrected chi connectivity index (χ4v) is 3.85. The molecule has 3 rings (SSSR count). The summed E-state index contributed by atoms with van der Waals surface area (Å²) in [5.74, 6) is -1.93. The van der Waals surface area contributed by atoms with Crippen LogP contribution >= 0.6 is 0 Å². The van der Waals surface area contributed by atoms with E-state index in [9.17, 15) is 19.2 Å². The minimum absolute atomic E-state index is 0.106. The molecule has 0 aromatic heterocycles. The SMILES string of the molecule is NC(=O)[C@@H]1CCCN1C(=O)[C@@H]1CCC(=O)N1C(=O)[C@@H](N)Cc1ccccc1. The van der Waals surface area contributed by atoms with Gasteiger partial charge in [-0.05, 0) is 31.2 Å². The second-order valence-corrected chi connectivity index (χ2v) is 7.04. The summed E-state index contributed by atoms with van der Waals surface area (Å²) in [7, 11) is 0. The first kappa shape index (κ1) is 19.0. The Labute approximate surface area is 157 Å². The largest absolute Gasteiger partial charge is 0.368 e. The van der Waals surface area contributed by atoms with Gasteiger partial charge in [-0.25, -0.2) is 0 Å². The number of hydrogen-bond donors (Lipinski definition) is 2. The van der Waals surface area contributed by atoms with Crippen molar-refractivity contribution in [3.8, 4) is 0 Å². The minimum Gasteiger partial charge on any atom is -0.368 e. The first-order valence-corrected chi connectivity index (χ1v) is 9.15. The van der Waals surface area contributed by atoms with Crippen molar-refractivity contribution >= 4 is 23.6 Å². The molecule has 2 aliphatic rings. The lowest BCUT2D eigenvalue weighted by molar-refractivity contribution is -0.152. The van der Waals surface area contributed by atoms with Gasteiger partial charge in [0.25, 0.3) is 0 Å². The van der Waals surface area contributed by atoms with Crippen LogP contribution in [0.15, 0.2) is 30.3 Å². The Morgan fingerprint density at radius 2 is 1.81 bits per heavy atom. The van der Waals surface area contributed by atoms with E-state index in [4.69, 9.17) is 11.5 Å². The molecule has 8 nitrogen and oxygen atoms in total. The van der Waals surface area contributed by atoms with E-state index >= 15 is 0 Å². The van der Waals surface area contributed by atoms with Crippen molar-refractivity contribution in [2.45, 2.75) is 50.2 Å². The van der Waals surface area contributed by atoms with E-state index in [-0.39, 0.29) is 19.3 Å². The molecule has 4 amide bonds. The van der Waals surface area contributed by atoms with Crippen LogP contribution < -0.4 is 11.5 Å². The highest BCUT2D eigenvalue weighted by atomic mass is 16.2. The summed E-state index contributed by atoms with van der Waals surface area (Å²) in [4.78, 5) is 52.0. The van der Waals surface area contributed by atoms with Crippen LogP contribution in [-0.2, 0) is 25.6 Å². The maximum absolute atomic E-state index is 12.9. The fourth-order valence-electron chi connectivity index (χ4n) is 3.85. The van der Waals surface area contributed by atoms with Crippen LogP contribution in [0.1, 0.15) is 31.2 Å². The zero-order valence-electron chi connectivity index (χ0n) is 15.0. The normalized spacial score (nSPS) is 23.5. The summed E-state index contributed by atoms with van der Waals surface area (Å²) >= 11 is 0. The van der Waals surface area contributed by atoms with Crippen LogP contribution in [0.4, 0.5) is 0 Å². The van der Waals surface area contributed by atoms with Gasteiger partial charge >= 0.3 is 0 Å². The van der Waals surface area contributed by atoms with Crippen molar-refractivity contribution in [1.82, 2.24) is 9.80 Å². The molecule has 27 heavy (non-hydrogen) atoms. The number of rotatable bonds is 5. The Morgan fingerprint density at radius 3 is 2.48 bits per heavy atom. The molecule has 0 bridgehead atoms. The van der Waals surface area contributed by atoms with Crippen molar-refractivity contribution in [3.63, 3.8) is 0 Å². The molecule has 2 aliphatic heterocycles. The fraction of sp³-hybridized carbons (Fsp3) is 0.474. The van der Waals surface area contributed by atoms with E-state index in [1.54, 1.807) is 0 Å². The van der Waals surface area contributed by atoms with Gasteiger partial charge in [0.15, 0.2) is 0 Å². The Bertz CT molecular complexity index is 751. The quantitative estimate of drug-likeness (QED) is 0.724. The van der Waals surface area contributed by atoms with Gasteiger partial charge in [-0.3, -0.25) is 24.1 Å². The highest BCUT2D eigenvalue weighted by Gasteiger charge is 2.45. The summed E-state index contributed by atoms with van der Waals surface area (Å²) in [6.45, 7) is 0.398. The number of nitrogens with two attached hydrogens (primary N) is 2. The molecule has 144 valence electrons. The average molecular weight is 372 g/mol. The molecular weight excluding hydrogens is 348 g/mol. The standard InChI is InChI=1S/C19H24N4O4/c20-13(11-12-5-2-1-3-6-12)18(26)23-15(8-9-16(23)24)19(27)22-10-4-7-14(22)17(21)25/h1-3,5-6,13-15H,4,7-11,20H2,(H2,21,25)/t13-,14-,15-/m0/s1. The molecule has 2 heterocycles. The van der Waals surface area contributed by atoms with Crippen LogP contribution in [0.5, 0.6) is 0 Å². The first-order chi connectivity index (χ1) is 12.9. The van der Waals surface area contributed by atoms with Crippen molar-refractivity contribution in [3.05, 3.63) is 35.9 Å². The molecule has 0 saturated carbocycles. The van der Waals surface area contributed by atoms with Gasteiger partial charge in [0.05, 0.1) is 6.04 Å². The van der Waals surface area contributed by atoms with E-state index in [0.29, 0.717) is 19.4 Å². The van der Waals surface area contributed by atoms with Crippen molar-refractivity contribution in [2.24, 2.45) is 11.5 Å². The maximum atomic E-state index is 12.9. The number of primary amides is 1. The van der Waals surface area contributed by atoms with Gasteiger partial charge in [-0.1, -0.05) is 30.3 Å². The highest BCUT2D eigenvalue weighted by Crippen LogP contribution is 2.26. The van der Waals surface area contributed by atoms with Crippen LogP contribution in [0, 0.1) is 0 Å². The third-order valence-corrected chi connectivity index (χ3v) is 5.21. The number of carbonyl (C=O) groups is 4. The second-order valence-electron chi connectivity index (χ2n) is 7.04. The Balaban J connectivity index is 1.74. The molecule has 0 aliphatic carbocycles. The molecule has 2 saturated heterocycles. The van der Waals surface area contributed by atoms with Crippen molar-refractivity contribution < 1.29 is 19.2 Å². The smallest absolute Gasteiger partial charge is 0.247 e. The molecule has 8 heteroatoms. The van der Waals surface area contributed by atoms with Gasteiger partial charge in [0.2, 0.25) is 23.6 Å². The Kier molecular flexibility index (Phi) is 5.55. The van der Waals surface area contributed by atoms with Gasteiger partial charge in [0, 0.05) is 13.0 Å². The summed E-state index contributed by atoms with van der Waals surface area (Å²) in [6, 6.07) is 6.74. The molecule has 1 aromatic rings. The van der Waals surface area contributed by atoms with Gasteiger partial charge in [0.1, 0.15) is 12.1 Å². The average Bonchev–Trinajstić information content (AvgIpc) is 3.28. The van der Waals surface area contributed by atoms with E-state index < -0.39 is 41.8 Å².